The highest BCUT2D eigenvalue weighted by molar-refractivity contribution is 5.95. The van der Waals surface area contributed by atoms with Gasteiger partial charge in [0.25, 0.3) is 0 Å². The summed E-state index contributed by atoms with van der Waals surface area (Å²) >= 11 is 0. The van der Waals surface area contributed by atoms with Crippen molar-refractivity contribution in [1.82, 2.24) is 30.9 Å². The Bertz CT molecular complexity index is 1300. The summed E-state index contributed by atoms with van der Waals surface area (Å²) in [5.74, 6) is -3.43. The molecule has 2 aromatic heterocycles. The number of carbonyl (C=O) groups is 4. The quantitative estimate of drug-likeness (QED) is 0.135. The molecule has 5 atom stereocenters. The Morgan fingerprint density at radius 1 is 0.950 bits per heavy atom. The molecule has 0 aliphatic rings. The molecule has 0 radical (unpaired) electrons. The normalized spacial score (nSPS) is 15.2. The zero-order valence-electron chi connectivity index (χ0n) is 22.7. The number of H-pyrrole nitrogens is 2. The van der Waals surface area contributed by atoms with Crippen molar-refractivity contribution in [2.75, 3.05) is 0 Å². The van der Waals surface area contributed by atoms with E-state index in [2.05, 4.69) is 30.9 Å². The molecule has 13 nitrogen and oxygen atoms in total. The van der Waals surface area contributed by atoms with Gasteiger partial charge in [-0.25, -0.2) is 9.78 Å². The largest absolute Gasteiger partial charge is 0.480 e. The van der Waals surface area contributed by atoms with Crippen LogP contribution in [0.3, 0.4) is 0 Å². The fraction of sp³-hybridized carbons (Fsp3) is 0.444. The van der Waals surface area contributed by atoms with Crippen molar-refractivity contribution in [3.05, 3.63) is 54.2 Å². The van der Waals surface area contributed by atoms with Gasteiger partial charge in [-0.1, -0.05) is 32.0 Å². The van der Waals surface area contributed by atoms with E-state index in [1.807, 2.05) is 38.1 Å². The Balaban J connectivity index is 1.83. The molecule has 9 N–H and O–H groups in total. The number of nitrogens with zero attached hydrogens (tertiary/aromatic N) is 1. The number of aliphatic hydroxyl groups is 1. The summed E-state index contributed by atoms with van der Waals surface area (Å²) in [5, 5.41) is 27.7. The second-order valence-electron chi connectivity index (χ2n) is 10.3. The zero-order chi connectivity index (χ0) is 29.4. The number of para-hydroxylation sites is 1. The molecular formula is C27H37N7O6. The van der Waals surface area contributed by atoms with Crippen molar-refractivity contribution >= 4 is 34.6 Å². The van der Waals surface area contributed by atoms with Crippen LogP contribution in [0.25, 0.3) is 10.9 Å². The van der Waals surface area contributed by atoms with Crippen LogP contribution >= 0.6 is 0 Å². The number of imidazole rings is 1. The number of aliphatic hydroxyl groups excluding tert-OH is 1. The number of hydrogen-bond acceptors (Lipinski definition) is 7. The molecule has 3 rings (SSSR count). The number of hydrogen-bond donors (Lipinski definition) is 8. The first-order valence-corrected chi connectivity index (χ1v) is 13.1. The maximum absolute atomic E-state index is 13.6. The van der Waals surface area contributed by atoms with E-state index in [1.54, 1.807) is 12.4 Å². The molecule has 5 unspecified atom stereocenters. The molecule has 0 bridgehead atoms. The monoisotopic (exact) mass is 555 g/mol. The number of rotatable bonds is 14. The minimum atomic E-state index is -1.55. The van der Waals surface area contributed by atoms with Crippen LogP contribution in [0.4, 0.5) is 0 Å². The van der Waals surface area contributed by atoms with Crippen molar-refractivity contribution in [2.45, 2.75) is 70.3 Å². The van der Waals surface area contributed by atoms with Crippen molar-refractivity contribution < 1.29 is 29.4 Å². The molecule has 0 spiro atoms. The van der Waals surface area contributed by atoms with Crippen LogP contribution in [-0.4, -0.2) is 79.1 Å². The predicted octanol–water partition coefficient (Wildman–Crippen LogP) is -0.0306. The van der Waals surface area contributed by atoms with Gasteiger partial charge in [-0.2, -0.15) is 0 Å². The molecule has 0 fully saturated rings. The number of aromatic amines is 2. The number of aromatic nitrogens is 3. The first kappa shape index (κ1) is 30.3. The number of nitrogens with two attached hydrogens (primary N) is 1. The summed E-state index contributed by atoms with van der Waals surface area (Å²) in [5.41, 5.74) is 8.38. The Labute approximate surface area is 231 Å². The van der Waals surface area contributed by atoms with Crippen LogP contribution in [0.2, 0.25) is 0 Å². The minimum absolute atomic E-state index is 0.0460. The molecule has 0 saturated carbocycles. The number of amides is 3. The summed E-state index contributed by atoms with van der Waals surface area (Å²) < 4.78 is 0. The summed E-state index contributed by atoms with van der Waals surface area (Å²) in [7, 11) is 0. The highest BCUT2D eigenvalue weighted by Crippen LogP contribution is 2.19. The van der Waals surface area contributed by atoms with Gasteiger partial charge in [0.15, 0.2) is 6.04 Å². The Kier molecular flexibility index (Phi) is 10.4. The molecule has 0 aliphatic carbocycles. The lowest BCUT2D eigenvalue weighted by Gasteiger charge is -2.26. The maximum atomic E-state index is 13.6. The molecule has 3 amide bonds. The highest BCUT2D eigenvalue weighted by atomic mass is 16.4. The summed E-state index contributed by atoms with van der Waals surface area (Å²) in [4.78, 5) is 61.1. The fourth-order valence-electron chi connectivity index (χ4n) is 4.35. The van der Waals surface area contributed by atoms with Gasteiger partial charge in [-0.3, -0.25) is 14.4 Å². The number of aliphatic carboxylic acids is 1. The van der Waals surface area contributed by atoms with Crippen LogP contribution in [0.5, 0.6) is 0 Å². The highest BCUT2D eigenvalue weighted by Gasteiger charge is 2.32. The van der Waals surface area contributed by atoms with E-state index >= 15 is 0 Å². The van der Waals surface area contributed by atoms with Gasteiger partial charge in [0.1, 0.15) is 12.1 Å². The zero-order valence-corrected chi connectivity index (χ0v) is 22.7. The van der Waals surface area contributed by atoms with Crippen molar-refractivity contribution in [3.63, 3.8) is 0 Å². The number of fused-ring (bicyclic) bond motifs is 1. The second-order valence-corrected chi connectivity index (χ2v) is 10.3. The molecule has 40 heavy (non-hydrogen) atoms. The van der Waals surface area contributed by atoms with E-state index in [1.165, 1.54) is 13.3 Å². The molecule has 13 heteroatoms. The molecule has 2 heterocycles. The molecule has 3 aromatic rings. The van der Waals surface area contributed by atoms with Gasteiger partial charge in [0.05, 0.1) is 18.5 Å². The van der Waals surface area contributed by atoms with Crippen LogP contribution in [0.15, 0.2) is 43.0 Å². The van der Waals surface area contributed by atoms with Gasteiger partial charge >= 0.3 is 5.97 Å². The Hall–Kier alpha value is -4.23. The third-order valence-electron chi connectivity index (χ3n) is 6.45. The fourth-order valence-corrected chi connectivity index (χ4v) is 4.35. The predicted molar refractivity (Wildman–Crippen MR) is 147 cm³/mol. The molecule has 0 saturated heterocycles. The molecular weight excluding hydrogens is 518 g/mol. The van der Waals surface area contributed by atoms with Gasteiger partial charge < -0.3 is 41.9 Å². The van der Waals surface area contributed by atoms with Gasteiger partial charge in [-0.15, -0.1) is 0 Å². The van der Waals surface area contributed by atoms with E-state index in [4.69, 9.17) is 5.73 Å². The van der Waals surface area contributed by atoms with Gasteiger partial charge in [0.2, 0.25) is 17.7 Å². The van der Waals surface area contributed by atoms with E-state index in [9.17, 15) is 29.4 Å². The Morgan fingerprint density at radius 2 is 1.62 bits per heavy atom. The second kappa shape index (κ2) is 13.7. The smallest absolute Gasteiger partial charge is 0.328 e. The topological polar surface area (TPSA) is 215 Å². The average molecular weight is 556 g/mol. The van der Waals surface area contributed by atoms with E-state index in [0.717, 1.165) is 16.5 Å². The van der Waals surface area contributed by atoms with Crippen LogP contribution < -0.4 is 21.7 Å². The van der Waals surface area contributed by atoms with Crippen LogP contribution in [0.1, 0.15) is 38.4 Å². The average Bonchev–Trinajstić information content (AvgIpc) is 3.55. The first-order chi connectivity index (χ1) is 19.0. The minimum Gasteiger partial charge on any atom is -0.480 e. The first-order valence-electron chi connectivity index (χ1n) is 13.1. The number of carboxylic acids is 1. The Morgan fingerprint density at radius 3 is 2.25 bits per heavy atom. The van der Waals surface area contributed by atoms with E-state index < -0.39 is 54.0 Å². The van der Waals surface area contributed by atoms with E-state index in [-0.39, 0.29) is 25.2 Å². The lowest BCUT2D eigenvalue weighted by atomic mass is 10.00. The SMILES string of the molecule is CC(C)CC(NC(=O)C(Cc1c[nH]c2ccccc12)NC(=O)C(N)Cc1cnc[nH]1)C(=O)NC(C(=O)O)C(C)O. The number of benzene rings is 1. The summed E-state index contributed by atoms with van der Waals surface area (Å²) in [6, 6.07) is 2.75. The van der Waals surface area contributed by atoms with Crippen LogP contribution in [0, 0.1) is 5.92 Å². The molecule has 0 aliphatic heterocycles. The summed E-state index contributed by atoms with van der Waals surface area (Å²) in [6.07, 6.45) is 3.87. The molecule has 1 aromatic carbocycles. The standard InChI is InChI=1S/C27H37N7O6/c1-14(2)8-21(26(38)34-23(15(3)35)27(39)40)33-25(37)22(9-16-11-30-20-7-5-4-6-18(16)20)32-24(36)19(28)10-17-12-29-13-31-17/h4-7,11-15,19,21-23,30,35H,8-10,28H2,1-3H3,(H,29,31)(H,32,36)(H,33,37)(H,34,38)(H,39,40). The third kappa shape index (κ3) is 8.13. The van der Waals surface area contributed by atoms with Crippen molar-refractivity contribution in [1.29, 1.82) is 0 Å². The third-order valence-corrected chi connectivity index (χ3v) is 6.45. The number of nitrogens with one attached hydrogen (secondary N) is 5. The van der Waals surface area contributed by atoms with Gasteiger partial charge in [0, 0.05) is 41.8 Å². The maximum Gasteiger partial charge on any atom is 0.328 e. The van der Waals surface area contributed by atoms with Crippen molar-refractivity contribution in [3.8, 4) is 0 Å². The number of carbonyl (C=O) groups excluding carboxylic acids is 3. The summed E-state index contributed by atoms with van der Waals surface area (Å²) in [6.45, 7) is 4.93. The lowest BCUT2D eigenvalue weighted by Crippen LogP contribution is -2.59. The van der Waals surface area contributed by atoms with E-state index in [0.29, 0.717) is 5.69 Å². The van der Waals surface area contributed by atoms with Crippen LogP contribution in [-0.2, 0) is 32.0 Å². The van der Waals surface area contributed by atoms with Gasteiger partial charge in [-0.05, 0) is 30.9 Å². The van der Waals surface area contributed by atoms with Crippen molar-refractivity contribution in [2.24, 2.45) is 11.7 Å². The lowest BCUT2D eigenvalue weighted by molar-refractivity contribution is -0.145. The molecule has 216 valence electrons. The number of carboxylic acid groups (broad SMARTS) is 1.